The predicted molar refractivity (Wildman–Crippen MR) is 129 cm³/mol. The van der Waals surface area contributed by atoms with Crippen molar-refractivity contribution in [2.24, 2.45) is 0 Å². The van der Waals surface area contributed by atoms with Gasteiger partial charge in [0, 0.05) is 24.0 Å². The van der Waals surface area contributed by atoms with E-state index in [-0.39, 0.29) is 5.91 Å². The zero-order chi connectivity index (χ0) is 22.6. The predicted octanol–water partition coefficient (Wildman–Crippen LogP) is 4.39. The van der Waals surface area contributed by atoms with Crippen LogP contribution in [0.5, 0.6) is 5.75 Å². The first kappa shape index (κ1) is 20.9. The lowest BCUT2D eigenvalue weighted by atomic mass is 10.0. The smallest absolute Gasteiger partial charge is 0.256 e. The Kier molecular flexibility index (Phi) is 5.87. The second kappa shape index (κ2) is 9.26. The topological polar surface area (TPSA) is 76.6 Å². The molecular formula is C26H24N4O3. The minimum atomic E-state index is -0.204. The lowest BCUT2D eigenvalue weighted by molar-refractivity contribution is 0.102. The number of aromatic nitrogens is 2. The number of hydrogen-bond acceptors (Lipinski definition) is 6. The van der Waals surface area contributed by atoms with Crippen molar-refractivity contribution in [3.8, 4) is 17.0 Å². The first-order valence-corrected chi connectivity index (χ1v) is 10.9. The molecule has 166 valence electrons. The van der Waals surface area contributed by atoms with Crippen LogP contribution in [-0.2, 0) is 4.74 Å². The summed E-state index contributed by atoms with van der Waals surface area (Å²) in [5, 5.41) is 3.78. The molecule has 4 aromatic rings. The summed E-state index contributed by atoms with van der Waals surface area (Å²) in [5.41, 5.74) is 3.60. The van der Waals surface area contributed by atoms with E-state index in [1.165, 1.54) is 0 Å². The van der Waals surface area contributed by atoms with Crippen LogP contribution in [-0.4, -0.2) is 49.3 Å². The van der Waals surface area contributed by atoms with Crippen LogP contribution in [0.15, 0.2) is 72.9 Å². The molecule has 0 atom stereocenters. The summed E-state index contributed by atoms with van der Waals surface area (Å²) >= 11 is 0. The average molecular weight is 441 g/mol. The van der Waals surface area contributed by atoms with Crippen molar-refractivity contribution in [1.29, 1.82) is 0 Å². The maximum absolute atomic E-state index is 13.3. The molecule has 0 radical (unpaired) electrons. The van der Waals surface area contributed by atoms with E-state index in [9.17, 15) is 4.79 Å². The number of carbonyl (C=O) groups is 1. The van der Waals surface area contributed by atoms with Crippen molar-refractivity contribution >= 4 is 28.3 Å². The summed E-state index contributed by atoms with van der Waals surface area (Å²) in [6, 6.07) is 20.9. The highest BCUT2D eigenvalue weighted by Crippen LogP contribution is 2.27. The van der Waals surface area contributed by atoms with Gasteiger partial charge in [0.1, 0.15) is 11.6 Å². The Bertz CT molecular complexity index is 1270. The molecule has 2 aromatic carbocycles. The summed E-state index contributed by atoms with van der Waals surface area (Å²) in [5.74, 6) is 1.45. The van der Waals surface area contributed by atoms with Crippen molar-refractivity contribution in [3.05, 3.63) is 78.5 Å². The van der Waals surface area contributed by atoms with Crippen molar-refractivity contribution in [3.63, 3.8) is 0 Å². The van der Waals surface area contributed by atoms with E-state index in [0.29, 0.717) is 24.5 Å². The van der Waals surface area contributed by atoms with Gasteiger partial charge in [0.15, 0.2) is 0 Å². The van der Waals surface area contributed by atoms with Gasteiger partial charge in [0.05, 0.1) is 49.0 Å². The fraction of sp³-hybridized carbons (Fsp3) is 0.192. The molecule has 2 aromatic heterocycles. The van der Waals surface area contributed by atoms with E-state index in [0.717, 1.165) is 46.8 Å². The number of ether oxygens (including phenoxy) is 2. The number of nitrogens with one attached hydrogen (secondary N) is 1. The molecule has 1 aliphatic rings. The fourth-order valence-corrected chi connectivity index (χ4v) is 3.91. The summed E-state index contributed by atoms with van der Waals surface area (Å²) in [6.07, 6.45) is 1.69. The molecule has 5 rings (SSSR count). The van der Waals surface area contributed by atoms with E-state index >= 15 is 0 Å². The minimum Gasteiger partial charge on any atom is -0.497 e. The second-order valence-electron chi connectivity index (χ2n) is 7.76. The Morgan fingerprint density at radius 3 is 2.55 bits per heavy atom. The van der Waals surface area contributed by atoms with Gasteiger partial charge in [0.25, 0.3) is 5.91 Å². The normalized spacial score (nSPS) is 13.7. The van der Waals surface area contributed by atoms with Crippen LogP contribution in [0.4, 0.5) is 11.5 Å². The van der Waals surface area contributed by atoms with Crippen molar-refractivity contribution in [2.45, 2.75) is 0 Å². The van der Waals surface area contributed by atoms with Crippen LogP contribution in [0, 0.1) is 0 Å². The lowest BCUT2D eigenvalue weighted by Crippen LogP contribution is -2.36. The van der Waals surface area contributed by atoms with Gasteiger partial charge in [-0.15, -0.1) is 0 Å². The van der Waals surface area contributed by atoms with E-state index in [1.807, 2.05) is 66.7 Å². The third-order valence-electron chi connectivity index (χ3n) is 5.69. The monoisotopic (exact) mass is 440 g/mol. The molecule has 1 N–H and O–H groups in total. The number of fused-ring (bicyclic) bond motifs is 1. The molecule has 7 nitrogen and oxygen atoms in total. The summed E-state index contributed by atoms with van der Waals surface area (Å²) in [7, 11) is 1.63. The van der Waals surface area contributed by atoms with Crippen LogP contribution in [0.1, 0.15) is 10.4 Å². The molecule has 7 heteroatoms. The standard InChI is InChI=1S/C26H24N4O3/c1-32-20-9-6-18(7-10-20)24-16-22(21-4-2-3-5-23(21)29-24)26(31)28-19-8-11-25(27-17-19)30-12-14-33-15-13-30/h2-11,16-17H,12-15H2,1H3,(H,28,31). The molecule has 0 saturated carbocycles. The number of benzene rings is 2. The molecule has 0 unspecified atom stereocenters. The quantitative estimate of drug-likeness (QED) is 0.496. The summed E-state index contributed by atoms with van der Waals surface area (Å²) in [4.78, 5) is 24.7. The van der Waals surface area contributed by atoms with Gasteiger partial charge in [-0.05, 0) is 48.5 Å². The van der Waals surface area contributed by atoms with Crippen LogP contribution < -0.4 is 15.0 Å². The molecule has 1 amide bonds. The van der Waals surface area contributed by atoms with Gasteiger partial charge in [-0.25, -0.2) is 9.97 Å². The van der Waals surface area contributed by atoms with E-state index in [4.69, 9.17) is 14.5 Å². The van der Waals surface area contributed by atoms with E-state index in [2.05, 4.69) is 15.2 Å². The Morgan fingerprint density at radius 2 is 1.82 bits per heavy atom. The van der Waals surface area contributed by atoms with Crippen molar-refractivity contribution in [1.82, 2.24) is 9.97 Å². The maximum Gasteiger partial charge on any atom is 0.256 e. The Hall–Kier alpha value is -3.97. The Morgan fingerprint density at radius 1 is 1.03 bits per heavy atom. The van der Waals surface area contributed by atoms with Gasteiger partial charge in [-0.1, -0.05) is 18.2 Å². The Labute approximate surface area is 192 Å². The van der Waals surface area contributed by atoms with Gasteiger partial charge in [-0.3, -0.25) is 4.79 Å². The molecular weight excluding hydrogens is 416 g/mol. The molecule has 3 heterocycles. The van der Waals surface area contributed by atoms with E-state index in [1.54, 1.807) is 13.3 Å². The molecule has 0 aliphatic carbocycles. The number of methoxy groups -OCH3 is 1. The van der Waals surface area contributed by atoms with Crippen molar-refractivity contribution in [2.75, 3.05) is 43.6 Å². The largest absolute Gasteiger partial charge is 0.497 e. The number of rotatable bonds is 5. The molecule has 0 bridgehead atoms. The maximum atomic E-state index is 13.3. The minimum absolute atomic E-state index is 0.204. The third-order valence-corrected chi connectivity index (χ3v) is 5.69. The number of carbonyl (C=O) groups excluding carboxylic acids is 1. The van der Waals surface area contributed by atoms with Gasteiger partial charge in [0.2, 0.25) is 0 Å². The van der Waals surface area contributed by atoms with Crippen LogP contribution >= 0.6 is 0 Å². The van der Waals surface area contributed by atoms with Gasteiger partial charge < -0.3 is 19.7 Å². The zero-order valence-corrected chi connectivity index (χ0v) is 18.3. The number of amides is 1. The number of morpholine rings is 1. The summed E-state index contributed by atoms with van der Waals surface area (Å²) in [6.45, 7) is 3.03. The highest BCUT2D eigenvalue weighted by molar-refractivity contribution is 6.13. The molecule has 1 saturated heterocycles. The third kappa shape index (κ3) is 4.49. The van der Waals surface area contributed by atoms with Crippen LogP contribution in [0.2, 0.25) is 0 Å². The zero-order valence-electron chi connectivity index (χ0n) is 18.3. The fourth-order valence-electron chi connectivity index (χ4n) is 3.91. The highest BCUT2D eigenvalue weighted by Gasteiger charge is 2.16. The number of nitrogens with zero attached hydrogens (tertiary/aromatic N) is 3. The highest BCUT2D eigenvalue weighted by atomic mass is 16.5. The molecule has 1 fully saturated rings. The average Bonchev–Trinajstić information content (AvgIpc) is 2.89. The number of pyridine rings is 2. The Balaban J connectivity index is 1.43. The van der Waals surface area contributed by atoms with Crippen LogP contribution in [0.25, 0.3) is 22.2 Å². The van der Waals surface area contributed by atoms with Crippen LogP contribution in [0.3, 0.4) is 0 Å². The van der Waals surface area contributed by atoms with Gasteiger partial charge >= 0.3 is 0 Å². The van der Waals surface area contributed by atoms with Gasteiger partial charge in [-0.2, -0.15) is 0 Å². The second-order valence-corrected chi connectivity index (χ2v) is 7.76. The van der Waals surface area contributed by atoms with Crippen molar-refractivity contribution < 1.29 is 14.3 Å². The lowest BCUT2D eigenvalue weighted by Gasteiger charge is -2.27. The SMILES string of the molecule is COc1ccc(-c2cc(C(=O)Nc3ccc(N4CCOCC4)nc3)c3ccccc3n2)cc1. The number of hydrogen-bond donors (Lipinski definition) is 1. The molecule has 1 aliphatic heterocycles. The van der Waals surface area contributed by atoms with E-state index < -0.39 is 0 Å². The number of para-hydroxylation sites is 1. The summed E-state index contributed by atoms with van der Waals surface area (Å²) < 4.78 is 10.6. The molecule has 0 spiro atoms. The molecule has 33 heavy (non-hydrogen) atoms. The first-order chi connectivity index (χ1) is 16.2. The number of anilines is 2. The first-order valence-electron chi connectivity index (χ1n) is 10.9.